The van der Waals surface area contributed by atoms with E-state index < -0.39 is 24.0 Å². The van der Waals surface area contributed by atoms with Crippen molar-refractivity contribution >= 4 is 92.4 Å². The molecule has 224 valence electrons. The fourth-order valence-electron chi connectivity index (χ4n) is 3.30. The Bertz CT molecular complexity index is 1510. The van der Waals surface area contributed by atoms with Gasteiger partial charge in [-0.05, 0) is 23.6 Å². The second-order valence-corrected chi connectivity index (χ2v) is 11.3. The normalized spacial score (nSPS) is 12.8. The van der Waals surface area contributed by atoms with Crippen LogP contribution < -0.4 is 15.4 Å². The summed E-state index contributed by atoms with van der Waals surface area (Å²) in [5.74, 6) is -2.49. The summed E-state index contributed by atoms with van der Waals surface area (Å²) in [6.45, 7) is 1.20. The number of rotatable bonds is 7. The van der Waals surface area contributed by atoms with E-state index in [4.69, 9.17) is 54.9 Å². The van der Waals surface area contributed by atoms with Crippen molar-refractivity contribution in [3.63, 3.8) is 0 Å². The molecule has 1 aliphatic rings. The number of aromatic nitrogens is 1. The molecule has 4 rings (SSSR count). The highest BCUT2D eigenvalue weighted by Gasteiger charge is 2.38. The Hall–Kier alpha value is -3.24. The number of thioether (sulfide) groups is 1. The van der Waals surface area contributed by atoms with Gasteiger partial charge in [-0.3, -0.25) is 15.0 Å². The Morgan fingerprint density at radius 3 is 2.38 bits per heavy atom. The van der Waals surface area contributed by atoms with Crippen LogP contribution in [0.25, 0.3) is 0 Å². The summed E-state index contributed by atoms with van der Waals surface area (Å²) in [4.78, 5) is 41.4. The van der Waals surface area contributed by atoms with E-state index in [1.165, 1.54) is 48.5 Å². The maximum Gasteiger partial charge on any atom is 0.490 e. The molecule has 1 fully saturated rings. The number of nitrogens with zero attached hydrogens (tertiary/aromatic N) is 2. The third-order valence-corrected chi connectivity index (χ3v) is 8.17. The first-order valence-corrected chi connectivity index (χ1v) is 14.3. The Morgan fingerprint density at radius 2 is 1.83 bits per heavy atom. The molecule has 1 aliphatic heterocycles. The van der Waals surface area contributed by atoms with Gasteiger partial charge in [0, 0.05) is 41.7 Å². The van der Waals surface area contributed by atoms with Gasteiger partial charge in [-0.2, -0.15) is 13.2 Å². The highest BCUT2D eigenvalue weighted by molar-refractivity contribution is 8.14. The van der Waals surface area contributed by atoms with E-state index in [2.05, 4.69) is 15.6 Å². The van der Waals surface area contributed by atoms with E-state index in [-0.39, 0.29) is 32.7 Å². The number of amides is 2. The van der Waals surface area contributed by atoms with Gasteiger partial charge >= 0.3 is 12.1 Å². The molecule has 1 saturated heterocycles. The highest BCUT2D eigenvalue weighted by atomic mass is 35.5. The lowest BCUT2D eigenvalue weighted by Gasteiger charge is -2.16. The van der Waals surface area contributed by atoms with Crippen LogP contribution in [0.5, 0.6) is 5.75 Å². The zero-order valence-corrected chi connectivity index (χ0v) is 25.0. The Balaban J connectivity index is 0.000000616. The molecule has 2 amide bonds. The van der Waals surface area contributed by atoms with Crippen molar-refractivity contribution in [2.75, 3.05) is 30.0 Å². The number of anilines is 2. The fraction of sp³-hybridized carbons (Fsp3) is 0.208. The van der Waals surface area contributed by atoms with Crippen LogP contribution >= 0.6 is 57.9 Å². The number of halogens is 6. The summed E-state index contributed by atoms with van der Waals surface area (Å²) >= 11 is 21.2. The average Bonchev–Trinajstić information content (AvgIpc) is 3.50. The number of hydrogen-bond donors (Lipinski definition) is 4. The van der Waals surface area contributed by atoms with Gasteiger partial charge in [-0.25, -0.2) is 9.78 Å². The van der Waals surface area contributed by atoms with E-state index >= 15 is 0 Å². The Morgan fingerprint density at radius 1 is 1.14 bits per heavy atom. The summed E-state index contributed by atoms with van der Waals surface area (Å²) in [7, 11) is 1.41. The first-order valence-electron chi connectivity index (χ1n) is 11.3. The number of amidine groups is 1. The van der Waals surface area contributed by atoms with Crippen molar-refractivity contribution in [3.05, 3.63) is 66.9 Å². The van der Waals surface area contributed by atoms with Gasteiger partial charge in [0.1, 0.15) is 16.4 Å². The molecule has 0 bridgehead atoms. The number of ether oxygens (including phenoxy) is 1. The van der Waals surface area contributed by atoms with Crippen molar-refractivity contribution in [2.45, 2.75) is 12.7 Å². The molecule has 42 heavy (non-hydrogen) atoms. The third-order valence-electron chi connectivity index (χ3n) is 5.24. The number of hydrogen-bond acceptors (Lipinski definition) is 8. The average molecular weight is 685 g/mol. The Kier molecular flexibility index (Phi) is 11.3. The molecular formula is C24H19Cl3F3N5O5S2. The number of carboxylic acid groups (broad SMARTS) is 1. The van der Waals surface area contributed by atoms with Gasteiger partial charge < -0.3 is 25.4 Å². The van der Waals surface area contributed by atoms with Gasteiger partial charge in [0.2, 0.25) is 0 Å². The Labute approximate surface area is 259 Å². The van der Waals surface area contributed by atoms with E-state index in [0.717, 1.165) is 17.9 Å². The zero-order valence-electron chi connectivity index (χ0n) is 21.1. The molecule has 4 N–H and O–H groups in total. The number of pyridine rings is 1. The number of alkyl halides is 3. The molecule has 0 aliphatic carbocycles. The van der Waals surface area contributed by atoms with Crippen LogP contribution in [0.3, 0.4) is 0 Å². The van der Waals surface area contributed by atoms with Gasteiger partial charge in [-0.1, -0.05) is 46.6 Å². The second-order valence-electron chi connectivity index (χ2n) is 8.08. The number of carbonyl (C=O) groups excluding carboxylic acids is 2. The van der Waals surface area contributed by atoms with Crippen LogP contribution in [0.15, 0.2) is 35.8 Å². The van der Waals surface area contributed by atoms with Crippen molar-refractivity contribution in [1.29, 1.82) is 5.41 Å². The summed E-state index contributed by atoms with van der Waals surface area (Å²) in [5.41, 5.74) is 0.968. The highest BCUT2D eigenvalue weighted by Crippen LogP contribution is 2.36. The number of carboxylic acids is 1. The molecule has 0 spiro atoms. The predicted molar refractivity (Wildman–Crippen MR) is 157 cm³/mol. The number of aliphatic carboxylic acids is 1. The zero-order chi connectivity index (χ0) is 31.2. The maximum atomic E-state index is 13.2. The van der Waals surface area contributed by atoms with Gasteiger partial charge in [-0.15, -0.1) is 11.3 Å². The first-order chi connectivity index (χ1) is 19.7. The molecule has 2 aromatic heterocycles. The van der Waals surface area contributed by atoms with Crippen LogP contribution in [0.4, 0.5) is 24.7 Å². The SMILES string of the molecule is COc1cc(Cl)cc(C(=O)Nc2ccc(Cl)cn2)c1NC(=O)c1scc(CN2CCSC2=N)c1Cl.O=C(O)C(F)(F)F. The van der Waals surface area contributed by atoms with Gasteiger partial charge in [0.25, 0.3) is 11.8 Å². The number of thiophene rings is 1. The topological polar surface area (TPSA) is 145 Å². The monoisotopic (exact) mass is 683 g/mol. The molecule has 0 saturated carbocycles. The third kappa shape index (κ3) is 8.64. The number of methoxy groups -OCH3 is 1. The minimum atomic E-state index is -5.08. The van der Waals surface area contributed by atoms with Crippen molar-refractivity contribution in [2.24, 2.45) is 0 Å². The number of benzene rings is 1. The molecule has 0 unspecified atom stereocenters. The van der Waals surface area contributed by atoms with Crippen LogP contribution in [-0.4, -0.2) is 63.5 Å². The van der Waals surface area contributed by atoms with Gasteiger partial charge in [0.15, 0.2) is 5.17 Å². The number of nitrogens with one attached hydrogen (secondary N) is 3. The smallest absolute Gasteiger partial charge is 0.490 e. The fourth-order valence-corrected chi connectivity index (χ4v) is 5.70. The van der Waals surface area contributed by atoms with Gasteiger partial charge in [0.05, 0.1) is 28.4 Å². The lowest BCUT2D eigenvalue weighted by atomic mass is 10.1. The molecule has 0 radical (unpaired) electrons. The maximum absolute atomic E-state index is 13.2. The van der Waals surface area contributed by atoms with E-state index in [1.807, 2.05) is 4.90 Å². The minimum Gasteiger partial charge on any atom is -0.494 e. The molecule has 3 heterocycles. The molecule has 1 aromatic carbocycles. The van der Waals surface area contributed by atoms with Crippen molar-refractivity contribution < 1.29 is 37.4 Å². The molecule has 18 heteroatoms. The second kappa shape index (κ2) is 14.3. The van der Waals surface area contributed by atoms with Crippen LogP contribution in [0, 0.1) is 5.41 Å². The molecular weight excluding hydrogens is 666 g/mol. The summed E-state index contributed by atoms with van der Waals surface area (Å²) in [6, 6.07) is 6.05. The lowest BCUT2D eigenvalue weighted by Crippen LogP contribution is -2.23. The van der Waals surface area contributed by atoms with Crippen LogP contribution in [0.1, 0.15) is 25.6 Å². The minimum absolute atomic E-state index is 0.0786. The lowest BCUT2D eigenvalue weighted by molar-refractivity contribution is -0.192. The first kappa shape index (κ1) is 33.3. The predicted octanol–water partition coefficient (Wildman–Crippen LogP) is 6.73. The summed E-state index contributed by atoms with van der Waals surface area (Å²) < 4.78 is 37.1. The van der Waals surface area contributed by atoms with E-state index in [0.29, 0.717) is 21.8 Å². The standard InChI is InChI=1S/C22H18Cl3N5O3S2.C2HF3O2/c1-33-15-7-13(24)6-14(20(31)28-16-3-2-12(23)8-27-16)18(15)29-21(32)19-17(25)11(10-35-19)9-30-4-5-34-22(30)26;3-2(4,5)1(6)7/h2-3,6-8,10,26H,4-5,9H2,1H3,(H,29,32)(H,27,28,31);(H,6,7). The van der Waals surface area contributed by atoms with Crippen LogP contribution in [-0.2, 0) is 11.3 Å². The molecule has 10 nitrogen and oxygen atoms in total. The van der Waals surface area contributed by atoms with E-state index in [1.54, 1.807) is 17.5 Å². The van der Waals surface area contributed by atoms with Crippen molar-refractivity contribution in [1.82, 2.24) is 9.88 Å². The molecule has 3 aromatic rings. The van der Waals surface area contributed by atoms with Crippen molar-refractivity contribution in [3.8, 4) is 5.75 Å². The van der Waals surface area contributed by atoms with E-state index in [9.17, 15) is 22.8 Å². The number of carbonyl (C=O) groups is 3. The molecule has 0 atom stereocenters. The largest absolute Gasteiger partial charge is 0.494 e. The van der Waals surface area contributed by atoms with Crippen LogP contribution in [0.2, 0.25) is 15.1 Å². The summed E-state index contributed by atoms with van der Waals surface area (Å²) in [6.07, 6.45) is -3.68. The summed E-state index contributed by atoms with van der Waals surface area (Å²) in [5, 5.41) is 23.8. The quantitative estimate of drug-likeness (QED) is 0.214.